The van der Waals surface area contributed by atoms with Crippen molar-refractivity contribution in [1.82, 2.24) is 4.90 Å². The van der Waals surface area contributed by atoms with E-state index in [4.69, 9.17) is 33.0 Å². The van der Waals surface area contributed by atoms with Crippen LogP contribution >= 0.6 is 23.2 Å². The standard InChI is InChI=1S/C14H15Cl2NO4/c1-8(14(19)20)17(10-3-4-10)13(18)7-21-12-5-2-9(15)6-11(12)16/h2,5-6,8,10H,3-4,7H2,1H3,(H,19,20). The van der Waals surface area contributed by atoms with Gasteiger partial charge in [-0.1, -0.05) is 23.2 Å². The van der Waals surface area contributed by atoms with Crippen LogP contribution in [0.3, 0.4) is 0 Å². The number of rotatable bonds is 6. The Bertz CT molecular complexity index is 560. The normalized spacial score (nSPS) is 15.4. The molecule has 21 heavy (non-hydrogen) atoms. The summed E-state index contributed by atoms with van der Waals surface area (Å²) in [5.41, 5.74) is 0. The van der Waals surface area contributed by atoms with Crippen molar-refractivity contribution < 1.29 is 19.4 Å². The van der Waals surface area contributed by atoms with Crippen LogP contribution in [-0.2, 0) is 9.59 Å². The predicted octanol–water partition coefficient (Wildman–Crippen LogP) is 2.84. The molecule has 1 atom stereocenters. The van der Waals surface area contributed by atoms with Crippen LogP contribution in [0.25, 0.3) is 0 Å². The quantitative estimate of drug-likeness (QED) is 0.870. The molecule has 1 N–H and O–H groups in total. The molecule has 0 aliphatic heterocycles. The minimum absolute atomic E-state index is 0.00658. The lowest BCUT2D eigenvalue weighted by molar-refractivity contribution is -0.150. The van der Waals surface area contributed by atoms with Crippen molar-refractivity contribution in [1.29, 1.82) is 0 Å². The molecule has 1 unspecified atom stereocenters. The van der Waals surface area contributed by atoms with Crippen LogP contribution < -0.4 is 4.74 Å². The molecule has 1 saturated carbocycles. The van der Waals surface area contributed by atoms with Gasteiger partial charge in [-0.15, -0.1) is 0 Å². The maximum Gasteiger partial charge on any atom is 0.326 e. The summed E-state index contributed by atoms with van der Waals surface area (Å²) in [5.74, 6) is -1.05. The van der Waals surface area contributed by atoms with E-state index in [-0.39, 0.29) is 18.6 Å². The van der Waals surface area contributed by atoms with Gasteiger partial charge in [-0.25, -0.2) is 4.79 Å². The van der Waals surface area contributed by atoms with Crippen LogP contribution in [0.2, 0.25) is 10.0 Å². The maximum absolute atomic E-state index is 12.2. The Kier molecular flexibility index (Phi) is 4.96. The Hall–Kier alpha value is -1.46. The molecule has 0 bridgehead atoms. The molecule has 1 aliphatic carbocycles. The molecular formula is C14H15Cl2NO4. The first-order valence-electron chi connectivity index (χ1n) is 6.52. The Morgan fingerprint density at radius 2 is 2.10 bits per heavy atom. The zero-order chi connectivity index (χ0) is 15.6. The van der Waals surface area contributed by atoms with Gasteiger partial charge in [-0.05, 0) is 38.0 Å². The Morgan fingerprint density at radius 1 is 1.43 bits per heavy atom. The molecule has 0 aromatic heterocycles. The molecule has 1 fully saturated rings. The zero-order valence-electron chi connectivity index (χ0n) is 11.4. The second-order valence-corrected chi connectivity index (χ2v) is 5.75. The summed E-state index contributed by atoms with van der Waals surface area (Å²) in [4.78, 5) is 24.6. The highest BCUT2D eigenvalue weighted by atomic mass is 35.5. The van der Waals surface area contributed by atoms with Crippen LogP contribution in [0.4, 0.5) is 0 Å². The Morgan fingerprint density at radius 3 is 2.62 bits per heavy atom. The fraction of sp³-hybridized carbons (Fsp3) is 0.429. The summed E-state index contributed by atoms with van der Waals surface area (Å²) in [5, 5.41) is 9.84. The van der Waals surface area contributed by atoms with Gasteiger partial charge in [0.05, 0.1) is 5.02 Å². The molecule has 5 nitrogen and oxygen atoms in total. The SMILES string of the molecule is CC(C(=O)O)N(C(=O)COc1ccc(Cl)cc1Cl)C1CC1. The molecule has 1 aromatic rings. The molecule has 0 saturated heterocycles. The third kappa shape index (κ3) is 4.02. The number of carbonyl (C=O) groups excluding carboxylic acids is 1. The molecule has 7 heteroatoms. The number of hydrogen-bond acceptors (Lipinski definition) is 3. The average Bonchev–Trinajstić information content (AvgIpc) is 3.22. The lowest BCUT2D eigenvalue weighted by Gasteiger charge is -2.26. The van der Waals surface area contributed by atoms with Gasteiger partial charge >= 0.3 is 5.97 Å². The van der Waals surface area contributed by atoms with E-state index in [0.717, 1.165) is 12.8 Å². The molecule has 0 radical (unpaired) electrons. The van der Waals surface area contributed by atoms with E-state index in [9.17, 15) is 9.59 Å². The average molecular weight is 332 g/mol. The maximum atomic E-state index is 12.2. The number of halogens is 2. The Balaban J connectivity index is 2.00. The number of hydrogen-bond donors (Lipinski definition) is 1. The van der Waals surface area contributed by atoms with Crippen LogP contribution in [-0.4, -0.2) is 40.6 Å². The largest absolute Gasteiger partial charge is 0.482 e. The number of carbonyl (C=O) groups is 2. The van der Waals surface area contributed by atoms with Gasteiger partial charge in [0.2, 0.25) is 0 Å². The first-order chi connectivity index (χ1) is 9.90. The Labute approximate surface area is 132 Å². The number of nitrogens with zero attached hydrogens (tertiary/aromatic N) is 1. The fourth-order valence-corrected chi connectivity index (χ4v) is 2.48. The lowest BCUT2D eigenvalue weighted by atomic mass is 10.2. The third-order valence-electron chi connectivity index (χ3n) is 3.25. The minimum Gasteiger partial charge on any atom is -0.482 e. The molecule has 1 amide bonds. The van der Waals surface area contributed by atoms with E-state index in [2.05, 4.69) is 0 Å². The van der Waals surface area contributed by atoms with Crippen molar-refractivity contribution in [3.8, 4) is 5.75 Å². The molecular weight excluding hydrogens is 317 g/mol. The van der Waals surface area contributed by atoms with Crippen LogP contribution in [0.1, 0.15) is 19.8 Å². The van der Waals surface area contributed by atoms with Gasteiger partial charge in [0.15, 0.2) is 6.61 Å². The van der Waals surface area contributed by atoms with Crippen molar-refractivity contribution in [2.75, 3.05) is 6.61 Å². The first kappa shape index (κ1) is 15.9. The number of carboxylic acids is 1. The van der Waals surface area contributed by atoms with Crippen molar-refractivity contribution >= 4 is 35.1 Å². The van der Waals surface area contributed by atoms with E-state index in [0.29, 0.717) is 15.8 Å². The monoisotopic (exact) mass is 331 g/mol. The second kappa shape index (κ2) is 6.54. The van der Waals surface area contributed by atoms with Gasteiger partial charge in [0.25, 0.3) is 5.91 Å². The van der Waals surface area contributed by atoms with Crippen LogP contribution in [0, 0.1) is 0 Å². The van der Waals surface area contributed by atoms with E-state index >= 15 is 0 Å². The predicted molar refractivity (Wildman–Crippen MR) is 78.9 cm³/mol. The van der Waals surface area contributed by atoms with Gasteiger partial charge in [0.1, 0.15) is 11.8 Å². The van der Waals surface area contributed by atoms with E-state index in [1.54, 1.807) is 12.1 Å². The zero-order valence-corrected chi connectivity index (χ0v) is 12.9. The highest BCUT2D eigenvalue weighted by molar-refractivity contribution is 6.35. The van der Waals surface area contributed by atoms with E-state index < -0.39 is 12.0 Å². The van der Waals surface area contributed by atoms with Crippen molar-refractivity contribution in [2.24, 2.45) is 0 Å². The van der Waals surface area contributed by atoms with Gasteiger partial charge in [-0.3, -0.25) is 4.79 Å². The van der Waals surface area contributed by atoms with E-state index in [1.165, 1.54) is 17.9 Å². The van der Waals surface area contributed by atoms with Crippen molar-refractivity contribution in [3.63, 3.8) is 0 Å². The van der Waals surface area contributed by atoms with Crippen molar-refractivity contribution in [2.45, 2.75) is 31.8 Å². The van der Waals surface area contributed by atoms with Crippen LogP contribution in [0.5, 0.6) is 5.75 Å². The van der Waals surface area contributed by atoms with Crippen molar-refractivity contribution in [3.05, 3.63) is 28.2 Å². The summed E-state index contributed by atoms with van der Waals surface area (Å²) in [6, 6.07) is 3.81. The molecule has 114 valence electrons. The van der Waals surface area contributed by atoms with Gasteiger partial charge in [-0.2, -0.15) is 0 Å². The second-order valence-electron chi connectivity index (χ2n) is 4.91. The summed E-state index contributed by atoms with van der Waals surface area (Å²) in [6.45, 7) is 1.24. The lowest BCUT2D eigenvalue weighted by Crippen LogP contribution is -2.46. The van der Waals surface area contributed by atoms with Gasteiger partial charge in [0, 0.05) is 11.1 Å². The van der Waals surface area contributed by atoms with Crippen LogP contribution in [0.15, 0.2) is 18.2 Å². The van der Waals surface area contributed by atoms with Gasteiger partial charge < -0.3 is 14.7 Å². The molecule has 2 rings (SSSR count). The summed E-state index contributed by atoms with van der Waals surface area (Å²) in [7, 11) is 0. The summed E-state index contributed by atoms with van der Waals surface area (Å²) >= 11 is 11.7. The number of carboxylic acid groups (broad SMARTS) is 1. The topological polar surface area (TPSA) is 66.8 Å². The minimum atomic E-state index is -1.03. The summed E-state index contributed by atoms with van der Waals surface area (Å²) in [6.07, 6.45) is 1.65. The third-order valence-corrected chi connectivity index (χ3v) is 3.78. The molecule has 0 heterocycles. The molecule has 1 aliphatic rings. The number of aliphatic carboxylic acids is 1. The molecule has 0 spiro atoms. The highest BCUT2D eigenvalue weighted by Crippen LogP contribution is 2.30. The highest BCUT2D eigenvalue weighted by Gasteiger charge is 2.38. The number of amides is 1. The fourth-order valence-electron chi connectivity index (χ4n) is 2.01. The summed E-state index contributed by atoms with van der Waals surface area (Å²) < 4.78 is 5.37. The smallest absolute Gasteiger partial charge is 0.326 e. The van der Waals surface area contributed by atoms with E-state index in [1.807, 2.05) is 0 Å². The molecule has 1 aromatic carbocycles. The number of ether oxygens (including phenoxy) is 1. The number of benzene rings is 1. The first-order valence-corrected chi connectivity index (χ1v) is 7.27.